The van der Waals surface area contributed by atoms with Gasteiger partial charge in [0.2, 0.25) is 0 Å². The van der Waals surface area contributed by atoms with E-state index in [1.807, 2.05) is 18.9 Å². The third kappa shape index (κ3) is 5.38. The quantitative estimate of drug-likeness (QED) is 0.431. The molecule has 1 aromatic heterocycles. The van der Waals surface area contributed by atoms with Gasteiger partial charge in [-0.1, -0.05) is 41.8 Å². The average molecular weight is 578 g/mol. The van der Waals surface area contributed by atoms with Crippen molar-refractivity contribution in [3.63, 3.8) is 0 Å². The Morgan fingerprint density at radius 1 is 1.08 bits per heavy atom. The minimum atomic E-state index is -3.61. The summed E-state index contributed by atoms with van der Waals surface area (Å²) in [7, 11) is -3.61. The van der Waals surface area contributed by atoms with Crippen LogP contribution in [0.3, 0.4) is 0 Å². The highest BCUT2D eigenvalue weighted by atomic mass is 35.5. The van der Waals surface area contributed by atoms with E-state index < -0.39 is 21.6 Å². The summed E-state index contributed by atoms with van der Waals surface area (Å²) in [6.45, 7) is 4.09. The number of hydrazine groups is 1. The van der Waals surface area contributed by atoms with Gasteiger partial charge in [0.15, 0.2) is 15.5 Å². The first-order valence-electron chi connectivity index (χ1n) is 12.4. The Hall–Kier alpha value is -2.72. The number of rotatable bonds is 4. The number of halogens is 3. The van der Waals surface area contributed by atoms with Gasteiger partial charge in [-0.2, -0.15) is 5.10 Å². The molecule has 3 aromatic rings. The Balaban J connectivity index is 1.68. The van der Waals surface area contributed by atoms with Gasteiger partial charge < -0.3 is 0 Å². The number of piperidine rings is 1. The van der Waals surface area contributed by atoms with E-state index in [0.717, 1.165) is 19.3 Å². The first-order chi connectivity index (χ1) is 18.0. The van der Waals surface area contributed by atoms with E-state index in [1.54, 1.807) is 36.4 Å². The number of amides is 1. The maximum absolute atomic E-state index is 13.6. The lowest BCUT2D eigenvalue weighted by molar-refractivity contribution is 0.0365. The smallest absolute Gasteiger partial charge is 0.283 e. The van der Waals surface area contributed by atoms with Gasteiger partial charge in [0, 0.05) is 22.7 Å². The van der Waals surface area contributed by atoms with Crippen molar-refractivity contribution in [2.45, 2.75) is 50.9 Å². The first kappa shape index (κ1) is 26.9. The molecular formula is C27H27Cl2FN4O3S. The lowest BCUT2D eigenvalue weighted by atomic mass is 10.00. The van der Waals surface area contributed by atoms with Crippen LogP contribution in [0.25, 0.3) is 17.3 Å². The predicted molar refractivity (Wildman–Crippen MR) is 147 cm³/mol. The van der Waals surface area contributed by atoms with Crippen molar-refractivity contribution in [1.82, 2.24) is 20.2 Å². The van der Waals surface area contributed by atoms with Crippen LogP contribution < -0.4 is 5.43 Å². The third-order valence-electron chi connectivity index (χ3n) is 7.02. The van der Waals surface area contributed by atoms with E-state index in [2.05, 4.69) is 10.5 Å². The summed E-state index contributed by atoms with van der Waals surface area (Å²) in [5.41, 5.74) is 5.26. The van der Waals surface area contributed by atoms with Crippen molar-refractivity contribution < 1.29 is 17.6 Å². The van der Waals surface area contributed by atoms with Crippen LogP contribution in [0.5, 0.6) is 0 Å². The van der Waals surface area contributed by atoms with Crippen LogP contribution in [0.4, 0.5) is 4.39 Å². The number of nitrogens with zero attached hydrogens (tertiary/aromatic N) is 3. The zero-order valence-corrected chi connectivity index (χ0v) is 23.2. The van der Waals surface area contributed by atoms with E-state index in [-0.39, 0.29) is 29.3 Å². The van der Waals surface area contributed by atoms with E-state index in [9.17, 15) is 17.6 Å². The summed E-state index contributed by atoms with van der Waals surface area (Å²) in [6.07, 6.45) is 4.63. The Morgan fingerprint density at radius 2 is 1.76 bits per heavy atom. The van der Waals surface area contributed by atoms with Gasteiger partial charge in [-0.3, -0.25) is 10.2 Å². The molecule has 1 saturated heterocycles. The first-order valence-corrected chi connectivity index (χ1v) is 14.9. The molecule has 1 amide bonds. The molecule has 2 aliphatic heterocycles. The molecule has 2 atom stereocenters. The molecule has 0 bridgehead atoms. The number of fused-ring (bicyclic) bond motifs is 1. The number of hydrogen-bond donors (Lipinski definition) is 1. The van der Waals surface area contributed by atoms with Gasteiger partial charge in [0.1, 0.15) is 5.82 Å². The Kier molecular flexibility index (Phi) is 7.39. The fraction of sp³-hybridized carbons (Fsp3) is 0.333. The summed E-state index contributed by atoms with van der Waals surface area (Å²) in [6, 6.07) is 10.9. The number of nitrogens with one attached hydrogen (secondary N) is 1. The summed E-state index contributed by atoms with van der Waals surface area (Å²) in [5, 5.41) is 7.26. The van der Waals surface area contributed by atoms with Gasteiger partial charge in [-0.25, -0.2) is 22.5 Å². The molecule has 2 aromatic carbocycles. The second-order valence-electron chi connectivity index (χ2n) is 9.91. The molecule has 7 nitrogen and oxygen atoms in total. The predicted octanol–water partition coefficient (Wildman–Crippen LogP) is 5.69. The van der Waals surface area contributed by atoms with Crippen molar-refractivity contribution in [2.75, 3.05) is 5.75 Å². The number of carbonyl (C=O) groups is 1. The maximum atomic E-state index is 13.6. The van der Waals surface area contributed by atoms with Crippen molar-refractivity contribution in [2.24, 2.45) is 0 Å². The molecule has 11 heteroatoms. The van der Waals surface area contributed by atoms with Gasteiger partial charge in [0.05, 0.1) is 27.9 Å². The Labute approximate surface area is 231 Å². The van der Waals surface area contributed by atoms with E-state index in [4.69, 9.17) is 23.2 Å². The molecule has 5 rings (SSSR count). The highest BCUT2D eigenvalue weighted by Crippen LogP contribution is 2.37. The normalized spacial score (nSPS) is 22.3. The largest absolute Gasteiger partial charge is 0.286 e. The van der Waals surface area contributed by atoms with Crippen molar-refractivity contribution in [1.29, 1.82) is 0 Å². The lowest BCUT2D eigenvalue weighted by Gasteiger charge is -2.38. The minimum Gasteiger partial charge on any atom is -0.283 e. The molecule has 2 unspecified atom stereocenters. The summed E-state index contributed by atoms with van der Waals surface area (Å²) in [4.78, 5) is 13.6. The van der Waals surface area contributed by atoms with E-state index in [0.29, 0.717) is 38.1 Å². The molecule has 0 radical (unpaired) electrons. The van der Waals surface area contributed by atoms with Gasteiger partial charge in [0.25, 0.3) is 5.91 Å². The average Bonchev–Trinajstić information content (AvgIpc) is 3.21. The molecule has 1 N–H and O–H groups in total. The molecule has 38 heavy (non-hydrogen) atoms. The highest BCUT2D eigenvalue weighted by molar-refractivity contribution is 7.91. The lowest BCUT2D eigenvalue weighted by Crippen LogP contribution is -2.54. The van der Waals surface area contributed by atoms with Crippen LogP contribution in [0.15, 0.2) is 42.5 Å². The Bertz CT molecular complexity index is 1530. The fourth-order valence-electron chi connectivity index (χ4n) is 5.19. The molecule has 200 valence electrons. The van der Waals surface area contributed by atoms with Crippen LogP contribution in [0.2, 0.25) is 10.0 Å². The molecule has 0 aliphatic carbocycles. The standard InChI is InChI=1S/C27H27Cl2FN4O3S/c1-16-4-3-5-17(2)33(16)32-27(35)25-22-15-38(36,37)14-19(12-18-6-9-21(30)10-7-18)26(22)34(31-25)24-11-8-20(28)13-23(24)29/h6-13,16-17H,3-5,14-15H2,1-2H3,(H,32,35)/b19-12+. The molecule has 3 heterocycles. The van der Waals surface area contributed by atoms with Crippen LogP contribution in [-0.2, 0) is 15.6 Å². The van der Waals surface area contributed by atoms with Crippen LogP contribution in [-0.4, -0.2) is 47.0 Å². The number of benzene rings is 2. The monoisotopic (exact) mass is 576 g/mol. The van der Waals surface area contributed by atoms with Gasteiger partial charge >= 0.3 is 0 Å². The highest BCUT2D eigenvalue weighted by Gasteiger charge is 2.36. The van der Waals surface area contributed by atoms with Gasteiger partial charge in [-0.15, -0.1) is 0 Å². The van der Waals surface area contributed by atoms with Crippen LogP contribution >= 0.6 is 23.2 Å². The molecule has 2 aliphatic rings. The fourth-order valence-corrected chi connectivity index (χ4v) is 7.18. The van der Waals surface area contributed by atoms with Crippen molar-refractivity contribution in [3.05, 3.63) is 80.8 Å². The molecule has 0 saturated carbocycles. The minimum absolute atomic E-state index is 0.0178. The van der Waals surface area contributed by atoms with Crippen molar-refractivity contribution >= 4 is 50.6 Å². The van der Waals surface area contributed by atoms with Crippen LogP contribution in [0.1, 0.15) is 60.4 Å². The second-order valence-corrected chi connectivity index (χ2v) is 12.8. The zero-order valence-electron chi connectivity index (χ0n) is 20.9. The summed E-state index contributed by atoms with van der Waals surface area (Å²) >= 11 is 12.7. The Morgan fingerprint density at radius 3 is 2.42 bits per heavy atom. The van der Waals surface area contributed by atoms with Crippen molar-refractivity contribution in [3.8, 4) is 5.69 Å². The maximum Gasteiger partial charge on any atom is 0.286 e. The van der Waals surface area contributed by atoms with E-state index in [1.165, 1.54) is 16.8 Å². The number of carbonyl (C=O) groups excluding carboxylic acids is 1. The van der Waals surface area contributed by atoms with E-state index >= 15 is 0 Å². The SMILES string of the molecule is CC1CCCC(C)N1NC(=O)c1nn(-c2ccc(Cl)cc2Cl)c2c1CS(=O)(=O)C/C2=C\c1ccc(F)cc1. The topological polar surface area (TPSA) is 84.3 Å². The number of sulfone groups is 1. The second kappa shape index (κ2) is 10.4. The van der Waals surface area contributed by atoms with Crippen LogP contribution in [0, 0.1) is 5.82 Å². The zero-order chi connectivity index (χ0) is 27.2. The summed E-state index contributed by atoms with van der Waals surface area (Å²) < 4.78 is 41.2. The third-order valence-corrected chi connectivity index (χ3v) is 9.03. The molecular weight excluding hydrogens is 550 g/mol. The van der Waals surface area contributed by atoms with Gasteiger partial charge in [-0.05, 0) is 74.2 Å². The molecule has 1 fully saturated rings. The number of hydrogen-bond acceptors (Lipinski definition) is 5. The molecule has 0 spiro atoms. The summed E-state index contributed by atoms with van der Waals surface area (Å²) in [5.74, 6) is -1.50. The number of aromatic nitrogens is 2.